The SMILES string of the molecule is O=C(O)C(F)(F)F.O=S(=O)(c1ccc(Cl)cc1)N1CC2(CCN(Cc3ccccc3Oc3ccccc3)CC2)C1. The number of rotatable bonds is 6. The largest absolute Gasteiger partial charge is 0.490 e. The van der Waals surface area contributed by atoms with E-state index in [1.807, 2.05) is 48.5 Å². The normalized spacial score (nSPS) is 17.4. The van der Waals surface area contributed by atoms with Crippen LogP contribution in [0.1, 0.15) is 18.4 Å². The third-order valence-electron chi connectivity index (χ3n) is 6.97. The molecular formula is C28H28ClF3N2O5S. The van der Waals surface area contributed by atoms with Crippen molar-refractivity contribution in [3.63, 3.8) is 0 Å². The van der Waals surface area contributed by atoms with Gasteiger partial charge in [0, 0.05) is 35.6 Å². The van der Waals surface area contributed by atoms with Crippen molar-refractivity contribution >= 4 is 27.6 Å². The van der Waals surface area contributed by atoms with E-state index in [2.05, 4.69) is 11.0 Å². The van der Waals surface area contributed by atoms with Crippen molar-refractivity contribution in [1.82, 2.24) is 9.21 Å². The topological polar surface area (TPSA) is 87.1 Å². The van der Waals surface area contributed by atoms with Crippen LogP contribution in [0.3, 0.4) is 0 Å². The Morgan fingerprint density at radius 1 is 0.925 bits per heavy atom. The number of para-hydroxylation sites is 2. The molecular weight excluding hydrogens is 569 g/mol. The third kappa shape index (κ3) is 7.34. The van der Waals surface area contributed by atoms with E-state index in [0.717, 1.165) is 49.5 Å². The Hall–Kier alpha value is -3.12. The molecule has 1 spiro atoms. The molecule has 0 radical (unpaired) electrons. The van der Waals surface area contributed by atoms with Crippen LogP contribution in [0.2, 0.25) is 5.02 Å². The Bertz CT molecular complexity index is 1400. The highest BCUT2D eigenvalue weighted by Crippen LogP contribution is 2.43. The molecule has 2 aliphatic heterocycles. The summed E-state index contributed by atoms with van der Waals surface area (Å²) in [5.74, 6) is -1.04. The van der Waals surface area contributed by atoms with Gasteiger partial charge in [-0.3, -0.25) is 4.90 Å². The molecule has 2 fully saturated rings. The van der Waals surface area contributed by atoms with Crippen molar-refractivity contribution in [2.75, 3.05) is 26.2 Å². The first-order chi connectivity index (χ1) is 18.9. The van der Waals surface area contributed by atoms with E-state index in [-0.39, 0.29) is 5.41 Å². The van der Waals surface area contributed by atoms with Gasteiger partial charge < -0.3 is 9.84 Å². The maximum atomic E-state index is 12.9. The highest BCUT2D eigenvalue weighted by Gasteiger charge is 2.49. The van der Waals surface area contributed by atoms with Gasteiger partial charge in [0.1, 0.15) is 11.5 Å². The molecule has 0 saturated carbocycles. The predicted octanol–water partition coefficient (Wildman–Crippen LogP) is 6.05. The summed E-state index contributed by atoms with van der Waals surface area (Å²) in [6, 6.07) is 24.4. The van der Waals surface area contributed by atoms with Gasteiger partial charge in [-0.1, -0.05) is 48.0 Å². The second-order valence-corrected chi connectivity index (χ2v) is 12.2. The van der Waals surface area contributed by atoms with Gasteiger partial charge in [0.25, 0.3) is 0 Å². The highest BCUT2D eigenvalue weighted by molar-refractivity contribution is 7.89. The fraction of sp³-hybridized carbons (Fsp3) is 0.321. The van der Waals surface area contributed by atoms with E-state index in [4.69, 9.17) is 26.2 Å². The van der Waals surface area contributed by atoms with E-state index in [1.54, 1.807) is 28.6 Å². The van der Waals surface area contributed by atoms with Crippen LogP contribution in [0, 0.1) is 5.41 Å². The number of carboxylic acid groups (broad SMARTS) is 1. The second-order valence-electron chi connectivity index (χ2n) is 9.83. The van der Waals surface area contributed by atoms with Gasteiger partial charge in [-0.15, -0.1) is 0 Å². The van der Waals surface area contributed by atoms with Crippen LogP contribution in [0.4, 0.5) is 13.2 Å². The Kier molecular flexibility index (Phi) is 9.09. The number of alkyl halides is 3. The lowest BCUT2D eigenvalue weighted by molar-refractivity contribution is -0.192. The number of carboxylic acids is 1. The van der Waals surface area contributed by atoms with Gasteiger partial charge in [0.15, 0.2) is 0 Å². The van der Waals surface area contributed by atoms with Crippen molar-refractivity contribution < 1.29 is 36.2 Å². The number of nitrogens with zero attached hydrogens (tertiary/aromatic N) is 2. The second kappa shape index (κ2) is 12.2. The van der Waals surface area contributed by atoms with Gasteiger partial charge in [-0.2, -0.15) is 17.5 Å². The zero-order chi connectivity index (χ0) is 29.0. The van der Waals surface area contributed by atoms with Gasteiger partial charge in [0.05, 0.1) is 4.90 Å². The number of ether oxygens (including phenoxy) is 1. The third-order valence-corrected chi connectivity index (χ3v) is 9.03. The molecule has 0 aromatic heterocycles. The highest BCUT2D eigenvalue weighted by atomic mass is 35.5. The molecule has 0 aliphatic carbocycles. The van der Waals surface area contributed by atoms with E-state index in [0.29, 0.717) is 23.0 Å². The first-order valence-corrected chi connectivity index (χ1v) is 14.3. The maximum Gasteiger partial charge on any atom is 0.490 e. The Morgan fingerprint density at radius 2 is 1.48 bits per heavy atom. The zero-order valence-corrected chi connectivity index (χ0v) is 22.9. The minimum Gasteiger partial charge on any atom is -0.475 e. The van der Waals surface area contributed by atoms with Crippen LogP contribution in [0.25, 0.3) is 0 Å². The molecule has 2 aliphatic rings. The van der Waals surface area contributed by atoms with Crippen LogP contribution in [-0.4, -0.2) is 61.1 Å². The molecule has 3 aromatic rings. The molecule has 2 heterocycles. The molecule has 1 N–H and O–H groups in total. The maximum absolute atomic E-state index is 12.9. The smallest absolute Gasteiger partial charge is 0.475 e. The Balaban J connectivity index is 0.000000470. The summed E-state index contributed by atoms with van der Waals surface area (Å²) in [7, 11) is -3.45. The molecule has 0 atom stereocenters. The number of halogens is 4. The van der Waals surface area contributed by atoms with E-state index in [1.165, 1.54) is 0 Å². The molecule has 0 amide bonds. The lowest BCUT2D eigenvalue weighted by Crippen LogP contribution is -2.61. The van der Waals surface area contributed by atoms with E-state index < -0.39 is 22.2 Å². The van der Waals surface area contributed by atoms with E-state index in [9.17, 15) is 21.6 Å². The quantitative estimate of drug-likeness (QED) is 0.373. The first-order valence-electron chi connectivity index (χ1n) is 12.5. The number of likely N-dealkylation sites (tertiary alicyclic amines) is 1. The average Bonchev–Trinajstić information content (AvgIpc) is 2.90. The molecule has 40 heavy (non-hydrogen) atoms. The van der Waals surface area contributed by atoms with Gasteiger partial charge in [-0.25, -0.2) is 13.2 Å². The van der Waals surface area contributed by atoms with Crippen LogP contribution in [-0.2, 0) is 21.4 Å². The summed E-state index contributed by atoms with van der Waals surface area (Å²) in [5, 5.41) is 7.66. The first kappa shape index (κ1) is 29.9. The van der Waals surface area contributed by atoms with Gasteiger partial charge >= 0.3 is 12.1 Å². The molecule has 0 unspecified atom stereocenters. The number of hydrogen-bond acceptors (Lipinski definition) is 5. The number of benzene rings is 3. The molecule has 7 nitrogen and oxygen atoms in total. The predicted molar refractivity (Wildman–Crippen MR) is 144 cm³/mol. The van der Waals surface area contributed by atoms with Crippen molar-refractivity contribution in [2.45, 2.75) is 30.5 Å². The molecule has 5 rings (SSSR count). The summed E-state index contributed by atoms with van der Waals surface area (Å²) < 4.78 is 65.3. The van der Waals surface area contributed by atoms with Crippen LogP contribution in [0.15, 0.2) is 83.8 Å². The number of hydrogen-bond donors (Lipinski definition) is 1. The standard InChI is InChI=1S/C26H27ClN2O3S.C2HF3O2/c27-22-10-12-24(13-11-22)33(30,31)29-19-26(20-29)14-16-28(17-15-26)18-21-6-4-5-9-25(21)32-23-7-2-1-3-8-23;3-2(4,5)1(6)7/h1-13H,14-20H2;(H,6,7). The van der Waals surface area contributed by atoms with Crippen molar-refractivity contribution in [2.24, 2.45) is 5.41 Å². The fourth-order valence-electron chi connectivity index (χ4n) is 4.72. The summed E-state index contributed by atoms with van der Waals surface area (Å²) >= 11 is 5.91. The lowest BCUT2D eigenvalue weighted by Gasteiger charge is -2.53. The number of piperidine rings is 1. The summed E-state index contributed by atoms with van der Waals surface area (Å²) in [5.41, 5.74) is 1.26. The van der Waals surface area contributed by atoms with Gasteiger partial charge in [0.2, 0.25) is 10.0 Å². The molecule has 3 aromatic carbocycles. The van der Waals surface area contributed by atoms with Crippen LogP contribution in [0.5, 0.6) is 11.5 Å². The zero-order valence-electron chi connectivity index (χ0n) is 21.4. The molecule has 2 saturated heterocycles. The van der Waals surface area contributed by atoms with Crippen LogP contribution < -0.4 is 4.74 Å². The summed E-state index contributed by atoms with van der Waals surface area (Å²) in [6.45, 7) is 3.92. The number of carbonyl (C=O) groups is 1. The van der Waals surface area contributed by atoms with Crippen molar-refractivity contribution in [1.29, 1.82) is 0 Å². The Morgan fingerprint density at radius 3 is 2.05 bits per heavy atom. The number of aliphatic carboxylic acids is 1. The Labute approximate surface area is 235 Å². The average molecular weight is 597 g/mol. The molecule has 214 valence electrons. The number of sulfonamides is 1. The van der Waals surface area contributed by atoms with Crippen molar-refractivity contribution in [3.05, 3.63) is 89.4 Å². The minimum absolute atomic E-state index is 0.0933. The lowest BCUT2D eigenvalue weighted by atomic mass is 9.73. The van der Waals surface area contributed by atoms with Gasteiger partial charge in [-0.05, 0) is 68.4 Å². The molecule has 0 bridgehead atoms. The summed E-state index contributed by atoms with van der Waals surface area (Å²) in [4.78, 5) is 11.6. The summed E-state index contributed by atoms with van der Waals surface area (Å²) in [6.07, 6.45) is -3.08. The van der Waals surface area contributed by atoms with Crippen molar-refractivity contribution in [3.8, 4) is 11.5 Å². The monoisotopic (exact) mass is 596 g/mol. The minimum atomic E-state index is -5.08. The van der Waals surface area contributed by atoms with E-state index >= 15 is 0 Å². The molecule has 12 heteroatoms. The van der Waals surface area contributed by atoms with Crippen LogP contribution >= 0.6 is 11.6 Å². The fourth-order valence-corrected chi connectivity index (χ4v) is 6.51.